The van der Waals surface area contributed by atoms with E-state index in [1.54, 1.807) is 12.1 Å². The number of aryl methyl sites for hydroxylation is 1. The number of nitrogens with zero attached hydrogens (tertiary/aromatic N) is 3. The molecule has 1 fully saturated rings. The molecular weight excluding hydrogens is 294 g/mol. The zero-order chi connectivity index (χ0) is 16.8. The summed E-state index contributed by atoms with van der Waals surface area (Å²) in [4.78, 5) is 27.1. The second-order valence-corrected chi connectivity index (χ2v) is 6.29. The summed E-state index contributed by atoms with van der Waals surface area (Å²) < 4.78 is 0. The lowest BCUT2D eigenvalue weighted by molar-refractivity contribution is -0.384. The maximum absolute atomic E-state index is 12.4. The first-order valence-electron chi connectivity index (χ1n) is 8.22. The Balaban J connectivity index is 1.87. The average molecular weight is 319 g/mol. The van der Waals surface area contributed by atoms with Gasteiger partial charge >= 0.3 is 0 Å². The molecule has 1 amide bonds. The van der Waals surface area contributed by atoms with Crippen LogP contribution in [0, 0.1) is 10.1 Å². The number of amides is 1. The Hall–Kier alpha value is -1.95. The minimum atomic E-state index is -0.402. The molecule has 1 heterocycles. The third-order valence-corrected chi connectivity index (χ3v) is 4.36. The van der Waals surface area contributed by atoms with Crippen LogP contribution in [0.3, 0.4) is 0 Å². The largest absolute Gasteiger partial charge is 0.341 e. The maximum Gasteiger partial charge on any atom is 0.269 e. The normalized spacial score (nSPS) is 16.4. The lowest BCUT2D eigenvalue weighted by atomic mass is 10.1. The van der Waals surface area contributed by atoms with Crippen LogP contribution in [0.15, 0.2) is 24.3 Å². The van der Waals surface area contributed by atoms with Crippen LogP contribution in [0.2, 0.25) is 0 Å². The predicted octanol–water partition coefficient (Wildman–Crippen LogP) is 2.47. The number of nitro benzene ring substituents is 1. The topological polar surface area (TPSA) is 66.7 Å². The van der Waals surface area contributed by atoms with Crippen LogP contribution >= 0.6 is 0 Å². The number of carbonyl (C=O) groups is 1. The zero-order valence-electron chi connectivity index (χ0n) is 13.9. The van der Waals surface area contributed by atoms with Gasteiger partial charge in [-0.2, -0.15) is 0 Å². The van der Waals surface area contributed by atoms with Gasteiger partial charge in [0, 0.05) is 50.8 Å². The SMILES string of the molecule is CC(C)N1CCCN(C(=O)CCc2cccc([N+](=O)[O-])c2)CC1. The number of hydrogen-bond acceptors (Lipinski definition) is 4. The molecule has 0 unspecified atom stereocenters. The van der Waals surface area contributed by atoms with Gasteiger partial charge in [-0.1, -0.05) is 12.1 Å². The second kappa shape index (κ2) is 8.06. The van der Waals surface area contributed by atoms with E-state index in [1.807, 2.05) is 11.0 Å². The molecule has 1 aromatic carbocycles. The Morgan fingerprint density at radius 1 is 1.26 bits per heavy atom. The number of benzene rings is 1. The molecule has 0 aliphatic carbocycles. The van der Waals surface area contributed by atoms with Crippen molar-refractivity contribution in [2.45, 2.75) is 39.2 Å². The average Bonchev–Trinajstić information content (AvgIpc) is 2.79. The summed E-state index contributed by atoms with van der Waals surface area (Å²) in [6.07, 6.45) is 1.95. The number of hydrogen-bond donors (Lipinski definition) is 0. The van der Waals surface area contributed by atoms with E-state index in [9.17, 15) is 14.9 Å². The molecule has 0 spiro atoms. The Kier molecular flexibility index (Phi) is 6.10. The smallest absolute Gasteiger partial charge is 0.269 e. The van der Waals surface area contributed by atoms with Gasteiger partial charge in [0.05, 0.1) is 4.92 Å². The van der Waals surface area contributed by atoms with Gasteiger partial charge in [-0.3, -0.25) is 19.8 Å². The molecule has 0 N–H and O–H groups in total. The molecule has 1 aromatic rings. The zero-order valence-corrected chi connectivity index (χ0v) is 13.9. The highest BCUT2D eigenvalue weighted by atomic mass is 16.6. The summed E-state index contributed by atoms with van der Waals surface area (Å²) >= 11 is 0. The van der Waals surface area contributed by atoms with Crippen molar-refractivity contribution in [2.24, 2.45) is 0 Å². The molecular formula is C17H25N3O3. The summed E-state index contributed by atoms with van der Waals surface area (Å²) in [5, 5.41) is 10.8. The van der Waals surface area contributed by atoms with Gasteiger partial charge in [-0.25, -0.2) is 0 Å². The fourth-order valence-electron chi connectivity index (χ4n) is 2.94. The van der Waals surface area contributed by atoms with E-state index in [1.165, 1.54) is 6.07 Å². The Morgan fingerprint density at radius 3 is 2.74 bits per heavy atom. The monoisotopic (exact) mass is 319 g/mol. The highest BCUT2D eigenvalue weighted by Crippen LogP contribution is 2.15. The molecule has 0 bridgehead atoms. The van der Waals surface area contributed by atoms with E-state index in [4.69, 9.17) is 0 Å². The van der Waals surface area contributed by atoms with Crippen molar-refractivity contribution >= 4 is 11.6 Å². The predicted molar refractivity (Wildman–Crippen MR) is 89.3 cm³/mol. The number of carbonyl (C=O) groups excluding carboxylic acids is 1. The first-order chi connectivity index (χ1) is 11.0. The van der Waals surface area contributed by atoms with Crippen LogP contribution in [-0.2, 0) is 11.2 Å². The lowest BCUT2D eigenvalue weighted by Gasteiger charge is -2.25. The molecule has 1 aliphatic rings. The van der Waals surface area contributed by atoms with Crippen LogP contribution in [0.5, 0.6) is 0 Å². The summed E-state index contributed by atoms with van der Waals surface area (Å²) in [5.74, 6) is 0.141. The van der Waals surface area contributed by atoms with E-state index in [-0.39, 0.29) is 11.6 Å². The fraction of sp³-hybridized carbons (Fsp3) is 0.588. The van der Waals surface area contributed by atoms with Crippen LogP contribution in [0.25, 0.3) is 0 Å². The molecule has 2 rings (SSSR count). The van der Waals surface area contributed by atoms with Crippen molar-refractivity contribution in [1.82, 2.24) is 9.80 Å². The van der Waals surface area contributed by atoms with E-state index in [2.05, 4.69) is 18.7 Å². The van der Waals surface area contributed by atoms with Crippen LogP contribution in [-0.4, -0.2) is 52.9 Å². The number of nitro groups is 1. The highest BCUT2D eigenvalue weighted by Gasteiger charge is 2.20. The van der Waals surface area contributed by atoms with Crippen molar-refractivity contribution in [2.75, 3.05) is 26.2 Å². The minimum Gasteiger partial charge on any atom is -0.341 e. The summed E-state index contributed by atoms with van der Waals surface area (Å²) in [6, 6.07) is 7.04. The van der Waals surface area contributed by atoms with Crippen LogP contribution in [0.4, 0.5) is 5.69 Å². The van der Waals surface area contributed by atoms with Gasteiger partial charge in [-0.05, 0) is 32.3 Å². The minimum absolute atomic E-state index is 0.0808. The maximum atomic E-state index is 12.4. The lowest BCUT2D eigenvalue weighted by Crippen LogP contribution is -2.37. The molecule has 0 radical (unpaired) electrons. The Labute approximate surface area is 137 Å². The number of rotatable bonds is 5. The number of non-ortho nitro benzene ring substituents is 1. The van der Waals surface area contributed by atoms with Crippen LogP contribution in [0.1, 0.15) is 32.3 Å². The van der Waals surface area contributed by atoms with Crippen molar-refractivity contribution in [1.29, 1.82) is 0 Å². The Morgan fingerprint density at radius 2 is 2.04 bits per heavy atom. The molecule has 126 valence electrons. The van der Waals surface area contributed by atoms with Crippen molar-refractivity contribution < 1.29 is 9.72 Å². The molecule has 1 saturated heterocycles. The van der Waals surface area contributed by atoms with Gasteiger partial charge < -0.3 is 4.90 Å². The summed E-state index contributed by atoms with van der Waals surface area (Å²) in [7, 11) is 0. The molecule has 1 aliphatic heterocycles. The van der Waals surface area contributed by atoms with Gasteiger partial charge in [0.1, 0.15) is 0 Å². The molecule has 6 nitrogen and oxygen atoms in total. The fourth-order valence-corrected chi connectivity index (χ4v) is 2.94. The highest BCUT2D eigenvalue weighted by molar-refractivity contribution is 5.76. The second-order valence-electron chi connectivity index (χ2n) is 6.29. The van der Waals surface area contributed by atoms with Gasteiger partial charge in [0.15, 0.2) is 0 Å². The third kappa shape index (κ3) is 5.03. The van der Waals surface area contributed by atoms with Crippen LogP contribution < -0.4 is 0 Å². The van der Waals surface area contributed by atoms with Crippen molar-refractivity contribution in [3.05, 3.63) is 39.9 Å². The molecule has 0 aromatic heterocycles. The quantitative estimate of drug-likeness (QED) is 0.618. The molecule has 0 saturated carbocycles. The van der Waals surface area contributed by atoms with Crippen molar-refractivity contribution in [3.8, 4) is 0 Å². The van der Waals surface area contributed by atoms with Gasteiger partial charge in [0.2, 0.25) is 5.91 Å². The van der Waals surface area contributed by atoms with E-state index >= 15 is 0 Å². The summed E-state index contributed by atoms with van der Waals surface area (Å²) in [6.45, 7) is 7.88. The standard InChI is InChI=1S/C17H25N3O3/c1-14(2)18-9-4-10-19(12-11-18)17(21)8-7-15-5-3-6-16(13-15)20(22)23/h3,5-6,13-14H,4,7-12H2,1-2H3. The van der Waals surface area contributed by atoms with Crippen molar-refractivity contribution in [3.63, 3.8) is 0 Å². The van der Waals surface area contributed by atoms with Gasteiger partial charge in [-0.15, -0.1) is 0 Å². The summed E-state index contributed by atoms with van der Waals surface area (Å²) in [5.41, 5.74) is 0.920. The Bertz CT molecular complexity index is 560. The molecule has 6 heteroatoms. The van der Waals surface area contributed by atoms with E-state index in [0.29, 0.717) is 18.9 Å². The molecule has 23 heavy (non-hydrogen) atoms. The third-order valence-electron chi connectivity index (χ3n) is 4.36. The first kappa shape index (κ1) is 17.4. The van der Waals surface area contributed by atoms with E-state index < -0.39 is 4.92 Å². The van der Waals surface area contributed by atoms with E-state index in [0.717, 1.165) is 38.2 Å². The van der Waals surface area contributed by atoms with Gasteiger partial charge in [0.25, 0.3) is 5.69 Å². The first-order valence-corrected chi connectivity index (χ1v) is 8.22. The molecule has 0 atom stereocenters.